The highest BCUT2D eigenvalue weighted by Crippen LogP contribution is 2.39. The van der Waals surface area contributed by atoms with Crippen LogP contribution in [-0.2, 0) is 9.47 Å². The molecule has 0 spiro atoms. The summed E-state index contributed by atoms with van der Waals surface area (Å²) in [4.78, 5) is 0. The fraction of sp³-hybridized carbons (Fsp3) is 0.889. The summed E-state index contributed by atoms with van der Waals surface area (Å²) < 4.78 is 116. The van der Waals surface area contributed by atoms with Gasteiger partial charge >= 0.3 is 0 Å². The summed E-state index contributed by atoms with van der Waals surface area (Å²) in [6.07, 6.45) is -5.46. The summed E-state index contributed by atoms with van der Waals surface area (Å²) in [5.74, 6) is -14.8. The largest absolute Gasteiger partial charge is 0.379 e. The van der Waals surface area contributed by atoms with Gasteiger partial charge in [0.25, 0.3) is 17.8 Å². The average Bonchev–Trinajstić information content (AvgIpc) is 2.49. The fourth-order valence-corrected chi connectivity index (χ4v) is 2.39. The van der Waals surface area contributed by atoms with Crippen LogP contribution in [0.15, 0.2) is 12.7 Å². The van der Waals surface area contributed by atoms with Gasteiger partial charge in [0.1, 0.15) is 0 Å². The second kappa shape index (κ2) is 11.3. The number of alkyl halides is 8. The maximum absolute atomic E-state index is 13.6. The Balaban J connectivity index is 4.45. The first-order valence-corrected chi connectivity index (χ1v) is 8.93. The lowest BCUT2D eigenvalue weighted by Gasteiger charge is -2.25. The highest BCUT2D eigenvalue weighted by molar-refractivity contribution is 4.81. The number of hydrogen-bond donors (Lipinski definition) is 0. The van der Waals surface area contributed by atoms with Crippen molar-refractivity contribution in [3.63, 3.8) is 0 Å². The Labute approximate surface area is 160 Å². The van der Waals surface area contributed by atoms with Gasteiger partial charge in [-0.25, -0.2) is 35.1 Å². The third-order valence-electron chi connectivity index (χ3n) is 3.80. The van der Waals surface area contributed by atoms with E-state index < -0.39 is 62.1 Å². The van der Waals surface area contributed by atoms with Gasteiger partial charge in [-0.15, -0.1) is 6.58 Å². The Bertz CT molecular complexity index is 449. The van der Waals surface area contributed by atoms with E-state index in [0.29, 0.717) is 0 Å². The van der Waals surface area contributed by atoms with Gasteiger partial charge in [0.15, 0.2) is 0 Å². The van der Waals surface area contributed by atoms with E-state index >= 15 is 0 Å². The molecule has 0 aromatic carbocycles. The Morgan fingerprint density at radius 1 is 0.893 bits per heavy atom. The molecule has 168 valence electrons. The van der Waals surface area contributed by atoms with Crippen LogP contribution in [0.2, 0.25) is 0 Å². The first-order valence-electron chi connectivity index (χ1n) is 8.93. The van der Waals surface area contributed by atoms with Crippen LogP contribution in [0, 0.1) is 0 Å². The van der Waals surface area contributed by atoms with Crippen molar-refractivity contribution in [2.24, 2.45) is 0 Å². The third kappa shape index (κ3) is 14.1. The monoisotopic (exact) mass is 428 g/mol. The molecule has 28 heavy (non-hydrogen) atoms. The lowest BCUT2D eigenvalue weighted by Crippen LogP contribution is -2.34. The summed E-state index contributed by atoms with van der Waals surface area (Å²) in [7, 11) is 0. The molecule has 0 aromatic heterocycles. The number of halogens is 8. The number of hydrogen-bond acceptors (Lipinski definition) is 2. The SMILES string of the molecule is C=CCOC(CCC(F)(F)CC)COCCC(F)(F)CC(F)(F)CC(C)(F)F. The normalized spacial score (nSPS) is 14.9. The van der Waals surface area contributed by atoms with Gasteiger partial charge in [0.2, 0.25) is 5.92 Å². The smallest absolute Gasteiger partial charge is 0.259 e. The minimum atomic E-state index is -4.23. The highest BCUT2D eigenvalue weighted by Gasteiger charge is 2.47. The molecule has 0 aliphatic rings. The van der Waals surface area contributed by atoms with Crippen LogP contribution in [-0.4, -0.2) is 49.6 Å². The molecule has 10 heteroatoms. The molecule has 0 rings (SSSR count). The molecule has 1 atom stereocenters. The molecule has 1 unspecified atom stereocenters. The third-order valence-corrected chi connectivity index (χ3v) is 3.80. The minimum absolute atomic E-state index is 0.0410. The van der Waals surface area contributed by atoms with E-state index in [-0.39, 0.29) is 33.0 Å². The van der Waals surface area contributed by atoms with Gasteiger partial charge in [-0.2, -0.15) is 0 Å². The molecule has 0 saturated heterocycles. The van der Waals surface area contributed by atoms with Crippen LogP contribution in [0.25, 0.3) is 0 Å². The molecule has 0 aliphatic heterocycles. The van der Waals surface area contributed by atoms with Gasteiger partial charge in [-0.1, -0.05) is 13.0 Å². The van der Waals surface area contributed by atoms with Crippen molar-refractivity contribution >= 4 is 0 Å². The number of ether oxygens (including phenoxy) is 2. The van der Waals surface area contributed by atoms with Crippen molar-refractivity contribution in [2.45, 2.75) is 82.2 Å². The Morgan fingerprint density at radius 3 is 2.00 bits per heavy atom. The standard InChI is InChI=1S/C18H28F8O2/c1-4-9-28-14(6-7-16(21,22)5-2)11-27-10-8-17(23,24)13-18(25,26)12-15(3,19)20/h4,14H,1,5-13H2,2-3H3. The second-order valence-corrected chi connectivity index (χ2v) is 6.95. The van der Waals surface area contributed by atoms with Crippen LogP contribution in [0.4, 0.5) is 35.1 Å². The van der Waals surface area contributed by atoms with E-state index in [2.05, 4.69) is 6.58 Å². The van der Waals surface area contributed by atoms with Crippen LogP contribution in [0.1, 0.15) is 52.4 Å². The average molecular weight is 428 g/mol. The first kappa shape index (κ1) is 27.1. The maximum Gasteiger partial charge on any atom is 0.259 e. The summed E-state index contributed by atoms with van der Waals surface area (Å²) in [5, 5.41) is 0. The summed E-state index contributed by atoms with van der Waals surface area (Å²) in [6.45, 7) is 4.07. The highest BCUT2D eigenvalue weighted by atomic mass is 19.3. The van der Waals surface area contributed by atoms with Gasteiger partial charge < -0.3 is 9.47 Å². The van der Waals surface area contributed by atoms with Gasteiger partial charge in [-0.05, 0) is 13.3 Å². The topological polar surface area (TPSA) is 18.5 Å². The van der Waals surface area contributed by atoms with E-state index in [0.717, 1.165) is 0 Å². The second-order valence-electron chi connectivity index (χ2n) is 6.95. The molecule has 2 nitrogen and oxygen atoms in total. The van der Waals surface area contributed by atoms with Crippen molar-refractivity contribution in [3.8, 4) is 0 Å². The van der Waals surface area contributed by atoms with E-state index in [1.54, 1.807) is 0 Å². The van der Waals surface area contributed by atoms with E-state index in [1.807, 2.05) is 0 Å². The van der Waals surface area contributed by atoms with E-state index in [9.17, 15) is 35.1 Å². The fourth-order valence-electron chi connectivity index (χ4n) is 2.39. The van der Waals surface area contributed by atoms with Gasteiger partial charge in [0, 0.05) is 19.3 Å². The Morgan fingerprint density at radius 2 is 1.50 bits per heavy atom. The zero-order valence-corrected chi connectivity index (χ0v) is 16.1. The maximum atomic E-state index is 13.6. The van der Waals surface area contributed by atoms with Crippen molar-refractivity contribution in [1.29, 1.82) is 0 Å². The van der Waals surface area contributed by atoms with Crippen LogP contribution >= 0.6 is 0 Å². The van der Waals surface area contributed by atoms with Crippen molar-refractivity contribution in [3.05, 3.63) is 12.7 Å². The number of rotatable bonds is 16. The molecule has 0 saturated carbocycles. The predicted molar refractivity (Wildman–Crippen MR) is 89.6 cm³/mol. The summed E-state index contributed by atoms with van der Waals surface area (Å²) in [6, 6.07) is 0. The molecule has 0 amide bonds. The molecule has 0 radical (unpaired) electrons. The Kier molecular flexibility index (Phi) is 11.0. The van der Waals surface area contributed by atoms with E-state index in [1.165, 1.54) is 13.0 Å². The molecular weight excluding hydrogens is 400 g/mol. The quantitative estimate of drug-likeness (QED) is 0.159. The first-order chi connectivity index (χ1) is 12.6. The van der Waals surface area contributed by atoms with E-state index in [4.69, 9.17) is 9.47 Å². The van der Waals surface area contributed by atoms with Crippen LogP contribution < -0.4 is 0 Å². The van der Waals surface area contributed by atoms with Crippen LogP contribution in [0.5, 0.6) is 0 Å². The molecule has 0 fully saturated rings. The molecule has 0 aliphatic carbocycles. The zero-order chi connectivity index (χ0) is 22.1. The molecule has 0 heterocycles. The predicted octanol–water partition coefficient (Wildman–Crippen LogP) is 6.50. The van der Waals surface area contributed by atoms with Gasteiger partial charge in [0.05, 0.1) is 38.8 Å². The summed E-state index contributed by atoms with van der Waals surface area (Å²) >= 11 is 0. The van der Waals surface area contributed by atoms with Crippen LogP contribution in [0.3, 0.4) is 0 Å². The minimum Gasteiger partial charge on any atom is -0.379 e. The molecule has 0 aromatic rings. The molecule has 0 N–H and O–H groups in total. The zero-order valence-electron chi connectivity index (χ0n) is 16.1. The van der Waals surface area contributed by atoms with Crippen molar-refractivity contribution in [2.75, 3.05) is 19.8 Å². The lowest BCUT2D eigenvalue weighted by atomic mass is 10.0. The summed E-state index contributed by atoms with van der Waals surface area (Å²) in [5.41, 5.74) is 0. The molecule has 0 bridgehead atoms. The lowest BCUT2D eigenvalue weighted by molar-refractivity contribution is -0.157. The van der Waals surface area contributed by atoms with Crippen molar-refractivity contribution in [1.82, 2.24) is 0 Å². The Hall–Kier alpha value is -0.900. The molecular formula is C18H28F8O2. The van der Waals surface area contributed by atoms with Crippen molar-refractivity contribution < 1.29 is 44.6 Å². The van der Waals surface area contributed by atoms with Gasteiger partial charge in [-0.3, -0.25) is 0 Å².